The van der Waals surface area contributed by atoms with Crippen molar-refractivity contribution in [3.63, 3.8) is 0 Å². The van der Waals surface area contributed by atoms with E-state index in [1.165, 1.54) is 0 Å². The van der Waals surface area contributed by atoms with Gasteiger partial charge in [0.25, 0.3) is 0 Å². The molecule has 2 N–H and O–H groups in total. The third-order valence-electron chi connectivity index (χ3n) is 3.22. The number of rotatable bonds is 11. The molecule has 21 heavy (non-hydrogen) atoms. The first-order valence-corrected chi connectivity index (χ1v) is 7.57. The Balaban J connectivity index is 2.38. The van der Waals surface area contributed by atoms with Crippen molar-refractivity contribution in [3.8, 4) is 5.88 Å². The standard InChI is InChI=1S/C15H25N3O3/c1-3-5-12(6-7-14(19)20)8-10-16-15-17-11-9-13(18-15)21-4-2/h9,11-12H,3-8,10H2,1-2H3,(H,19,20)(H,16,17,18). The minimum atomic E-state index is -0.725. The zero-order chi connectivity index (χ0) is 15.5. The molecule has 1 unspecified atom stereocenters. The quantitative estimate of drug-likeness (QED) is 0.653. The van der Waals surface area contributed by atoms with Crippen molar-refractivity contribution >= 4 is 11.9 Å². The minimum absolute atomic E-state index is 0.237. The van der Waals surface area contributed by atoms with Crippen LogP contribution in [0.5, 0.6) is 5.88 Å². The van der Waals surface area contributed by atoms with E-state index in [9.17, 15) is 4.79 Å². The molecular formula is C15H25N3O3. The van der Waals surface area contributed by atoms with E-state index in [1.807, 2.05) is 6.92 Å². The van der Waals surface area contributed by atoms with E-state index in [0.717, 1.165) is 32.2 Å². The summed E-state index contributed by atoms with van der Waals surface area (Å²) in [7, 11) is 0. The van der Waals surface area contributed by atoms with Crippen molar-refractivity contribution in [1.29, 1.82) is 0 Å². The van der Waals surface area contributed by atoms with Crippen LogP contribution in [0.25, 0.3) is 0 Å². The number of carboxylic acid groups (broad SMARTS) is 1. The topological polar surface area (TPSA) is 84.3 Å². The lowest BCUT2D eigenvalue weighted by Gasteiger charge is -2.15. The Kier molecular flexibility index (Phi) is 8.16. The fourth-order valence-electron chi connectivity index (χ4n) is 2.21. The zero-order valence-electron chi connectivity index (χ0n) is 12.8. The molecule has 0 amide bonds. The van der Waals surface area contributed by atoms with Crippen molar-refractivity contribution in [1.82, 2.24) is 9.97 Å². The van der Waals surface area contributed by atoms with Gasteiger partial charge >= 0.3 is 5.97 Å². The van der Waals surface area contributed by atoms with E-state index in [2.05, 4.69) is 22.2 Å². The van der Waals surface area contributed by atoms with Crippen LogP contribution in [0.3, 0.4) is 0 Å². The summed E-state index contributed by atoms with van der Waals surface area (Å²) in [5.41, 5.74) is 0. The van der Waals surface area contributed by atoms with E-state index in [-0.39, 0.29) is 6.42 Å². The highest BCUT2D eigenvalue weighted by atomic mass is 16.5. The summed E-state index contributed by atoms with van der Waals surface area (Å²) < 4.78 is 5.32. The molecule has 1 aromatic heterocycles. The lowest BCUT2D eigenvalue weighted by Crippen LogP contribution is -2.12. The van der Waals surface area contributed by atoms with E-state index in [1.54, 1.807) is 12.3 Å². The number of hydrogen-bond donors (Lipinski definition) is 2. The van der Waals surface area contributed by atoms with E-state index >= 15 is 0 Å². The Bertz CT molecular complexity index is 426. The first-order valence-electron chi connectivity index (χ1n) is 7.57. The Labute approximate surface area is 126 Å². The molecule has 118 valence electrons. The van der Waals surface area contributed by atoms with Crippen LogP contribution in [0.4, 0.5) is 5.95 Å². The smallest absolute Gasteiger partial charge is 0.303 e. The van der Waals surface area contributed by atoms with Crippen molar-refractivity contribution in [2.45, 2.75) is 46.0 Å². The van der Waals surface area contributed by atoms with Crippen LogP contribution >= 0.6 is 0 Å². The molecule has 1 atom stereocenters. The van der Waals surface area contributed by atoms with Crippen molar-refractivity contribution in [2.75, 3.05) is 18.5 Å². The highest BCUT2D eigenvalue weighted by Crippen LogP contribution is 2.18. The normalized spacial score (nSPS) is 11.9. The molecule has 0 saturated carbocycles. The van der Waals surface area contributed by atoms with Crippen LogP contribution in [-0.4, -0.2) is 34.2 Å². The highest BCUT2D eigenvalue weighted by molar-refractivity contribution is 5.66. The number of anilines is 1. The van der Waals surface area contributed by atoms with Gasteiger partial charge < -0.3 is 15.2 Å². The molecule has 0 aliphatic rings. The molecule has 1 heterocycles. The summed E-state index contributed by atoms with van der Waals surface area (Å²) >= 11 is 0. The molecule has 6 nitrogen and oxygen atoms in total. The van der Waals surface area contributed by atoms with Crippen LogP contribution in [0.1, 0.15) is 46.0 Å². The third-order valence-corrected chi connectivity index (χ3v) is 3.22. The average molecular weight is 295 g/mol. The molecule has 0 aliphatic carbocycles. The number of nitrogens with zero attached hydrogens (tertiary/aromatic N) is 2. The molecular weight excluding hydrogens is 270 g/mol. The van der Waals surface area contributed by atoms with Crippen molar-refractivity contribution < 1.29 is 14.6 Å². The minimum Gasteiger partial charge on any atom is -0.481 e. The lowest BCUT2D eigenvalue weighted by atomic mass is 9.94. The summed E-state index contributed by atoms with van der Waals surface area (Å²) in [5.74, 6) is 0.811. The number of nitrogens with one attached hydrogen (secondary N) is 1. The second-order valence-electron chi connectivity index (χ2n) is 4.95. The van der Waals surface area contributed by atoms with Gasteiger partial charge in [-0.15, -0.1) is 0 Å². The maximum atomic E-state index is 10.7. The summed E-state index contributed by atoms with van der Waals surface area (Å²) in [5, 5.41) is 11.9. The molecule has 0 spiro atoms. The summed E-state index contributed by atoms with van der Waals surface area (Å²) in [6, 6.07) is 1.72. The number of aliphatic carboxylic acids is 1. The summed E-state index contributed by atoms with van der Waals surface area (Å²) in [6.07, 6.45) is 5.67. The van der Waals surface area contributed by atoms with Gasteiger partial charge in [0.05, 0.1) is 6.61 Å². The van der Waals surface area contributed by atoms with Crippen LogP contribution in [0.15, 0.2) is 12.3 Å². The molecule has 0 radical (unpaired) electrons. The second-order valence-corrected chi connectivity index (χ2v) is 4.95. The predicted molar refractivity (Wildman–Crippen MR) is 81.6 cm³/mol. The Morgan fingerprint density at radius 1 is 1.38 bits per heavy atom. The Morgan fingerprint density at radius 2 is 2.19 bits per heavy atom. The molecule has 1 rings (SSSR count). The SMILES string of the molecule is CCCC(CCNc1nccc(OCC)n1)CCC(=O)O. The first kappa shape index (κ1) is 17.2. The molecule has 0 bridgehead atoms. The van der Waals surface area contributed by atoms with Gasteiger partial charge in [0.15, 0.2) is 0 Å². The fourth-order valence-corrected chi connectivity index (χ4v) is 2.21. The molecule has 0 fully saturated rings. The maximum Gasteiger partial charge on any atom is 0.303 e. The van der Waals surface area contributed by atoms with E-state index < -0.39 is 5.97 Å². The van der Waals surface area contributed by atoms with Gasteiger partial charge in [-0.3, -0.25) is 4.79 Å². The molecule has 0 aromatic carbocycles. The Hall–Kier alpha value is -1.85. The Morgan fingerprint density at radius 3 is 2.86 bits per heavy atom. The summed E-state index contributed by atoms with van der Waals surface area (Å²) in [6.45, 7) is 5.34. The van der Waals surface area contributed by atoms with Gasteiger partial charge in [0.1, 0.15) is 0 Å². The average Bonchev–Trinajstić information content (AvgIpc) is 2.45. The fraction of sp³-hybridized carbons (Fsp3) is 0.667. The van der Waals surface area contributed by atoms with Crippen LogP contribution in [-0.2, 0) is 4.79 Å². The number of carboxylic acids is 1. The van der Waals surface area contributed by atoms with Crippen LogP contribution < -0.4 is 10.1 Å². The zero-order valence-corrected chi connectivity index (χ0v) is 12.8. The van der Waals surface area contributed by atoms with Gasteiger partial charge in [0.2, 0.25) is 11.8 Å². The maximum absolute atomic E-state index is 10.7. The van der Waals surface area contributed by atoms with Crippen molar-refractivity contribution in [3.05, 3.63) is 12.3 Å². The van der Waals surface area contributed by atoms with Gasteiger partial charge in [-0.25, -0.2) is 4.98 Å². The van der Waals surface area contributed by atoms with E-state index in [0.29, 0.717) is 24.4 Å². The third kappa shape index (κ3) is 7.48. The molecule has 0 saturated heterocycles. The second kappa shape index (κ2) is 9.96. The molecule has 6 heteroatoms. The number of ether oxygens (including phenoxy) is 1. The van der Waals surface area contributed by atoms with E-state index in [4.69, 9.17) is 9.84 Å². The number of aromatic nitrogens is 2. The molecule has 0 aliphatic heterocycles. The highest BCUT2D eigenvalue weighted by Gasteiger charge is 2.10. The first-order chi connectivity index (χ1) is 10.2. The van der Waals surface area contributed by atoms with Crippen LogP contribution in [0, 0.1) is 5.92 Å². The number of hydrogen-bond acceptors (Lipinski definition) is 5. The van der Waals surface area contributed by atoms with Gasteiger partial charge in [-0.1, -0.05) is 19.8 Å². The number of carbonyl (C=O) groups is 1. The predicted octanol–water partition coefficient (Wildman–Crippen LogP) is 2.96. The van der Waals surface area contributed by atoms with Gasteiger partial charge in [-0.05, 0) is 25.7 Å². The van der Waals surface area contributed by atoms with Gasteiger partial charge in [-0.2, -0.15) is 4.98 Å². The van der Waals surface area contributed by atoms with Crippen molar-refractivity contribution in [2.24, 2.45) is 5.92 Å². The summed E-state index contributed by atoms with van der Waals surface area (Å²) in [4.78, 5) is 19.0. The van der Waals surface area contributed by atoms with Crippen LogP contribution in [0.2, 0.25) is 0 Å². The molecule has 1 aromatic rings. The lowest BCUT2D eigenvalue weighted by molar-refractivity contribution is -0.137. The van der Waals surface area contributed by atoms with Gasteiger partial charge in [0, 0.05) is 25.2 Å². The monoisotopic (exact) mass is 295 g/mol. The largest absolute Gasteiger partial charge is 0.481 e.